The van der Waals surface area contributed by atoms with E-state index < -0.39 is 0 Å². The summed E-state index contributed by atoms with van der Waals surface area (Å²) in [6.45, 7) is 2.58. The summed E-state index contributed by atoms with van der Waals surface area (Å²) in [5.74, 6) is 0.747. The predicted molar refractivity (Wildman–Crippen MR) is 77.7 cm³/mol. The molecule has 0 spiro atoms. The molecular formula is C16H23NO3. The Morgan fingerprint density at radius 3 is 2.70 bits per heavy atom. The molecule has 1 N–H and O–H groups in total. The van der Waals surface area contributed by atoms with Crippen LogP contribution in [0.15, 0.2) is 30.3 Å². The van der Waals surface area contributed by atoms with Crippen molar-refractivity contribution in [1.82, 2.24) is 5.32 Å². The van der Waals surface area contributed by atoms with Crippen LogP contribution in [-0.4, -0.2) is 31.3 Å². The van der Waals surface area contributed by atoms with Gasteiger partial charge < -0.3 is 14.8 Å². The summed E-state index contributed by atoms with van der Waals surface area (Å²) in [4.78, 5) is 11.7. The van der Waals surface area contributed by atoms with Crippen LogP contribution in [0.2, 0.25) is 0 Å². The molecule has 4 heteroatoms. The largest absolute Gasteiger partial charge is 0.489 e. The maximum absolute atomic E-state index is 11.7. The average molecular weight is 277 g/mol. The van der Waals surface area contributed by atoms with Crippen molar-refractivity contribution in [2.24, 2.45) is 0 Å². The number of amides is 1. The Balaban J connectivity index is 1.60. The van der Waals surface area contributed by atoms with E-state index in [1.807, 2.05) is 37.3 Å². The molecule has 1 aromatic rings. The number of para-hydroxylation sites is 1. The van der Waals surface area contributed by atoms with Gasteiger partial charge in [0.15, 0.2) is 0 Å². The molecule has 0 bridgehead atoms. The zero-order chi connectivity index (χ0) is 14.2. The van der Waals surface area contributed by atoms with Gasteiger partial charge in [-0.3, -0.25) is 4.79 Å². The normalized spacial score (nSPS) is 16.9. The van der Waals surface area contributed by atoms with Gasteiger partial charge in [0, 0.05) is 0 Å². The number of carbonyl (C=O) groups is 1. The predicted octanol–water partition coefficient (Wildman–Crippen LogP) is 2.53. The lowest BCUT2D eigenvalue weighted by Gasteiger charge is -2.16. The molecule has 0 unspecified atom stereocenters. The van der Waals surface area contributed by atoms with Crippen LogP contribution in [-0.2, 0) is 9.53 Å². The number of carbonyl (C=O) groups excluding carboxylic acids is 1. The van der Waals surface area contributed by atoms with Crippen molar-refractivity contribution in [2.45, 2.75) is 44.8 Å². The molecule has 0 heterocycles. The summed E-state index contributed by atoms with van der Waals surface area (Å²) in [5.41, 5.74) is 0. The van der Waals surface area contributed by atoms with Crippen molar-refractivity contribution in [1.29, 1.82) is 0 Å². The fourth-order valence-corrected chi connectivity index (χ4v) is 2.33. The third-order valence-electron chi connectivity index (χ3n) is 3.42. The van der Waals surface area contributed by atoms with Crippen LogP contribution in [0.3, 0.4) is 0 Å². The topological polar surface area (TPSA) is 47.6 Å². The molecule has 20 heavy (non-hydrogen) atoms. The second-order valence-electron chi connectivity index (χ2n) is 5.26. The molecule has 1 saturated carbocycles. The highest BCUT2D eigenvalue weighted by molar-refractivity contribution is 5.77. The number of ether oxygens (including phenoxy) is 2. The molecule has 1 fully saturated rings. The van der Waals surface area contributed by atoms with E-state index in [-0.39, 0.29) is 24.7 Å². The molecular weight excluding hydrogens is 254 g/mol. The van der Waals surface area contributed by atoms with Crippen molar-refractivity contribution in [3.05, 3.63) is 30.3 Å². The molecule has 1 aliphatic rings. The van der Waals surface area contributed by atoms with Gasteiger partial charge in [-0.15, -0.1) is 0 Å². The molecule has 2 rings (SSSR count). The number of hydrogen-bond acceptors (Lipinski definition) is 3. The van der Waals surface area contributed by atoms with Crippen LogP contribution in [0.5, 0.6) is 5.75 Å². The van der Waals surface area contributed by atoms with Gasteiger partial charge in [0.25, 0.3) is 0 Å². The van der Waals surface area contributed by atoms with E-state index in [9.17, 15) is 4.79 Å². The Morgan fingerprint density at radius 2 is 2.00 bits per heavy atom. The Morgan fingerprint density at radius 1 is 1.30 bits per heavy atom. The molecule has 1 amide bonds. The summed E-state index contributed by atoms with van der Waals surface area (Å²) in [6, 6.07) is 9.61. The van der Waals surface area contributed by atoms with Crippen molar-refractivity contribution < 1.29 is 14.3 Å². The summed E-state index contributed by atoms with van der Waals surface area (Å²) >= 11 is 0. The van der Waals surface area contributed by atoms with E-state index in [2.05, 4.69) is 5.32 Å². The van der Waals surface area contributed by atoms with E-state index in [0.717, 1.165) is 18.6 Å². The van der Waals surface area contributed by atoms with Crippen LogP contribution in [0, 0.1) is 0 Å². The lowest BCUT2D eigenvalue weighted by atomic mass is 10.3. The van der Waals surface area contributed by atoms with Crippen molar-refractivity contribution in [3.63, 3.8) is 0 Å². The third kappa shape index (κ3) is 5.21. The monoisotopic (exact) mass is 277 g/mol. The molecule has 0 aliphatic heterocycles. The highest BCUT2D eigenvalue weighted by Gasteiger charge is 2.16. The number of benzene rings is 1. The summed E-state index contributed by atoms with van der Waals surface area (Å²) < 4.78 is 11.2. The summed E-state index contributed by atoms with van der Waals surface area (Å²) in [6.07, 6.45) is 4.82. The van der Waals surface area contributed by atoms with Gasteiger partial charge in [0.1, 0.15) is 18.5 Å². The van der Waals surface area contributed by atoms with E-state index in [4.69, 9.17) is 9.47 Å². The third-order valence-corrected chi connectivity index (χ3v) is 3.42. The van der Waals surface area contributed by atoms with E-state index >= 15 is 0 Å². The van der Waals surface area contributed by atoms with E-state index in [0.29, 0.717) is 6.54 Å². The minimum absolute atomic E-state index is 0.0622. The molecule has 0 radical (unpaired) electrons. The van der Waals surface area contributed by atoms with Crippen LogP contribution < -0.4 is 10.1 Å². The Bertz CT molecular complexity index is 401. The average Bonchev–Trinajstić information content (AvgIpc) is 2.97. The zero-order valence-corrected chi connectivity index (χ0v) is 12.0. The minimum Gasteiger partial charge on any atom is -0.489 e. The van der Waals surface area contributed by atoms with Crippen LogP contribution in [0.4, 0.5) is 0 Å². The fraction of sp³-hybridized carbons (Fsp3) is 0.562. The van der Waals surface area contributed by atoms with Crippen molar-refractivity contribution >= 4 is 5.91 Å². The Kier molecular flexibility index (Phi) is 5.87. The first-order valence-corrected chi connectivity index (χ1v) is 7.34. The quantitative estimate of drug-likeness (QED) is 0.833. The Hall–Kier alpha value is -1.55. The molecule has 4 nitrogen and oxygen atoms in total. The molecule has 1 aromatic carbocycles. The Labute approximate surface area is 120 Å². The van der Waals surface area contributed by atoms with Crippen LogP contribution in [0.1, 0.15) is 32.6 Å². The second kappa shape index (κ2) is 7.90. The lowest BCUT2D eigenvalue weighted by Crippen LogP contribution is -2.36. The zero-order valence-electron chi connectivity index (χ0n) is 12.0. The standard InChI is InChI=1S/C16H23NO3/c1-13(20-15-9-3-2-4-10-15)11-17-16(18)12-19-14-7-5-6-8-14/h2-4,9-10,13-14H,5-8,11-12H2,1H3,(H,17,18)/t13-/m0/s1. The maximum atomic E-state index is 11.7. The fourth-order valence-electron chi connectivity index (χ4n) is 2.33. The number of hydrogen-bond donors (Lipinski definition) is 1. The van der Waals surface area contributed by atoms with Gasteiger partial charge in [-0.25, -0.2) is 0 Å². The smallest absolute Gasteiger partial charge is 0.246 e. The molecule has 0 saturated heterocycles. The highest BCUT2D eigenvalue weighted by Crippen LogP contribution is 2.20. The van der Waals surface area contributed by atoms with Gasteiger partial charge >= 0.3 is 0 Å². The van der Waals surface area contributed by atoms with Crippen LogP contribution >= 0.6 is 0 Å². The van der Waals surface area contributed by atoms with Gasteiger partial charge in [-0.05, 0) is 31.9 Å². The first kappa shape index (κ1) is 14.9. The van der Waals surface area contributed by atoms with Gasteiger partial charge in [-0.2, -0.15) is 0 Å². The minimum atomic E-state index is -0.0691. The first-order chi connectivity index (χ1) is 9.74. The van der Waals surface area contributed by atoms with Gasteiger partial charge in [0.05, 0.1) is 12.6 Å². The number of nitrogens with one attached hydrogen (secondary N) is 1. The second-order valence-corrected chi connectivity index (χ2v) is 5.26. The highest BCUT2D eigenvalue weighted by atomic mass is 16.5. The van der Waals surface area contributed by atoms with Crippen LogP contribution in [0.25, 0.3) is 0 Å². The van der Waals surface area contributed by atoms with Gasteiger partial charge in [-0.1, -0.05) is 31.0 Å². The number of rotatable bonds is 7. The SMILES string of the molecule is C[C@@H](CNC(=O)COC1CCCC1)Oc1ccccc1. The van der Waals surface area contributed by atoms with Crippen molar-refractivity contribution in [2.75, 3.05) is 13.2 Å². The summed E-state index contributed by atoms with van der Waals surface area (Å²) in [7, 11) is 0. The first-order valence-electron chi connectivity index (χ1n) is 7.34. The summed E-state index contributed by atoms with van der Waals surface area (Å²) in [5, 5.41) is 2.84. The molecule has 1 atom stereocenters. The van der Waals surface area contributed by atoms with E-state index in [1.165, 1.54) is 12.8 Å². The molecule has 1 aliphatic carbocycles. The van der Waals surface area contributed by atoms with Crippen molar-refractivity contribution in [3.8, 4) is 5.75 Å². The van der Waals surface area contributed by atoms with Gasteiger partial charge in [0.2, 0.25) is 5.91 Å². The molecule has 0 aromatic heterocycles. The maximum Gasteiger partial charge on any atom is 0.246 e. The molecule has 110 valence electrons. The lowest BCUT2D eigenvalue weighted by molar-refractivity contribution is -0.127. The van der Waals surface area contributed by atoms with E-state index in [1.54, 1.807) is 0 Å².